The van der Waals surface area contributed by atoms with Crippen molar-refractivity contribution in [2.24, 2.45) is 0 Å². The van der Waals surface area contributed by atoms with Crippen LogP contribution in [0.25, 0.3) is 0 Å². The van der Waals surface area contributed by atoms with Crippen molar-refractivity contribution in [2.75, 3.05) is 13.2 Å². The Labute approximate surface area is 125 Å². The summed E-state index contributed by atoms with van der Waals surface area (Å²) in [5.74, 6) is -0.542. The van der Waals surface area contributed by atoms with E-state index in [2.05, 4.69) is 18.2 Å². The van der Waals surface area contributed by atoms with Crippen LogP contribution in [0.1, 0.15) is 19.4 Å². The molecule has 1 aromatic carbocycles. The fraction of sp³-hybridized carbons (Fsp3) is 0.529. The van der Waals surface area contributed by atoms with Crippen molar-refractivity contribution in [3.63, 3.8) is 0 Å². The van der Waals surface area contributed by atoms with Gasteiger partial charge in [0.05, 0.1) is 19.8 Å². The lowest BCUT2D eigenvalue weighted by Gasteiger charge is -2.31. The predicted octanol–water partition coefficient (Wildman–Crippen LogP) is 2.68. The molecule has 3 atom stereocenters. The largest absolute Gasteiger partial charge is 0.368 e. The summed E-state index contributed by atoms with van der Waals surface area (Å²) < 4.78 is 23.4. The SMILES string of the molecule is CC1(C)OC[C@H]([C@H]2OCC=C[C@H]2OCc2ccccc2)O1. The highest BCUT2D eigenvalue weighted by Crippen LogP contribution is 2.29. The second-order valence-electron chi connectivity index (χ2n) is 5.85. The predicted molar refractivity (Wildman–Crippen MR) is 78.8 cm³/mol. The molecular formula is C17H22O4. The van der Waals surface area contributed by atoms with E-state index in [0.29, 0.717) is 19.8 Å². The zero-order valence-electron chi connectivity index (χ0n) is 12.5. The van der Waals surface area contributed by atoms with E-state index >= 15 is 0 Å². The van der Waals surface area contributed by atoms with E-state index in [4.69, 9.17) is 18.9 Å². The standard InChI is InChI=1S/C17H22O4/c1-17(2)20-12-15(21-17)16-14(9-6-10-18-16)19-11-13-7-4-3-5-8-13/h3-9,14-16H,10-12H2,1-2H3/t14-,15-,16+/m1/s1. The highest BCUT2D eigenvalue weighted by Gasteiger charge is 2.41. The molecule has 0 amide bonds. The first-order valence-electron chi connectivity index (χ1n) is 7.40. The second-order valence-corrected chi connectivity index (χ2v) is 5.85. The first-order valence-corrected chi connectivity index (χ1v) is 7.40. The maximum absolute atomic E-state index is 6.01. The van der Waals surface area contributed by atoms with E-state index in [-0.39, 0.29) is 18.3 Å². The lowest BCUT2D eigenvalue weighted by molar-refractivity contribution is -0.171. The van der Waals surface area contributed by atoms with E-state index in [0.717, 1.165) is 5.56 Å². The zero-order chi connectivity index (χ0) is 14.7. The summed E-state index contributed by atoms with van der Waals surface area (Å²) in [6, 6.07) is 10.1. The first-order chi connectivity index (χ1) is 10.1. The Hall–Kier alpha value is -1.20. The monoisotopic (exact) mass is 290 g/mol. The van der Waals surface area contributed by atoms with Crippen LogP contribution >= 0.6 is 0 Å². The third-order valence-corrected chi connectivity index (χ3v) is 3.72. The van der Waals surface area contributed by atoms with Gasteiger partial charge in [-0.2, -0.15) is 0 Å². The molecule has 4 nitrogen and oxygen atoms in total. The zero-order valence-corrected chi connectivity index (χ0v) is 12.5. The van der Waals surface area contributed by atoms with Crippen LogP contribution in [0.4, 0.5) is 0 Å². The molecule has 3 rings (SSSR count). The lowest BCUT2D eigenvalue weighted by Crippen LogP contribution is -2.44. The van der Waals surface area contributed by atoms with Crippen LogP contribution in [-0.4, -0.2) is 37.3 Å². The molecule has 0 bridgehead atoms. The van der Waals surface area contributed by atoms with Gasteiger partial charge >= 0.3 is 0 Å². The summed E-state index contributed by atoms with van der Waals surface area (Å²) in [4.78, 5) is 0. The van der Waals surface area contributed by atoms with Gasteiger partial charge in [0.15, 0.2) is 5.79 Å². The molecule has 114 valence electrons. The molecule has 2 aliphatic heterocycles. The summed E-state index contributed by atoms with van der Waals surface area (Å²) in [5.41, 5.74) is 1.15. The molecular weight excluding hydrogens is 268 g/mol. The first kappa shape index (κ1) is 14.7. The van der Waals surface area contributed by atoms with E-state index in [1.807, 2.05) is 38.1 Å². The van der Waals surface area contributed by atoms with E-state index < -0.39 is 5.79 Å². The van der Waals surface area contributed by atoms with E-state index in [1.54, 1.807) is 0 Å². The van der Waals surface area contributed by atoms with Crippen LogP contribution in [0.5, 0.6) is 0 Å². The molecule has 0 aromatic heterocycles. The molecule has 2 aliphatic rings. The average Bonchev–Trinajstić information content (AvgIpc) is 2.86. The minimum Gasteiger partial charge on any atom is -0.368 e. The van der Waals surface area contributed by atoms with Crippen molar-refractivity contribution in [2.45, 2.75) is 44.6 Å². The van der Waals surface area contributed by atoms with E-state index in [1.165, 1.54) is 0 Å². The van der Waals surface area contributed by atoms with Gasteiger partial charge in [0.2, 0.25) is 0 Å². The third-order valence-electron chi connectivity index (χ3n) is 3.72. The van der Waals surface area contributed by atoms with Gasteiger partial charge in [0, 0.05) is 0 Å². The van der Waals surface area contributed by atoms with Crippen molar-refractivity contribution < 1.29 is 18.9 Å². The van der Waals surface area contributed by atoms with Crippen LogP contribution in [0.15, 0.2) is 42.5 Å². The van der Waals surface area contributed by atoms with Crippen molar-refractivity contribution in [1.82, 2.24) is 0 Å². The van der Waals surface area contributed by atoms with Crippen molar-refractivity contribution in [3.8, 4) is 0 Å². The Balaban J connectivity index is 1.62. The van der Waals surface area contributed by atoms with Crippen LogP contribution in [0, 0.1) is 0 Å². The van der Waals surface area contributed by atoms with Crippen molar-refractivity contribution >= 4 is 0 Å². The molecule has 0 unspecified atom stereocenters. The van der Waals surface area contributed by atoms with Crippen molar-refractivity contribution in [3.05, 3.63) is 48.0 Å². The molecule has 0 radical (unpaired) electrons. The maximum Gasteiger partial charge on any atom is 0.163 e. The Morgan fingerprint density at radius 2 is 2.05 bits per heavy atom. The van der Waals surface area contributed by atoms with Crippen LogP contribution < -0.4 is 0 Å². The third kappa shape index (κ3) is 3.71. The quantitative estimate of drug-likeness (QED) is 0.799. The highest BCUT2D eigenvalue weighted by atomic mass is 16.8. The van der Waals surface area contributed by atoms with Gasteiger partial charge in [-0.1, -0.05) is 42.5 Å². The Morgan fingerprint density at radius 3 is 2.76 bits per heavy atom. The normalized spacial score (nSPS) is 31.4. The summed E-state index contributed by atoms with van der Waals surface area (Å²) in [6.07, 6.45) is 3.73. The minimum atomic E-state index is -0.542. The smallest absolute Gasteiger partial charge is 0.163 e. The van der Waals surface area contributed by atoms with Gasteiger partial charge in [-0.05, 0) is 19.4 Å². The number of hydrogen-bond donors (Lipinski definition) is 0. The highest BCUT2D eigenvalue weighted by molar-refractivity contribution is 5.14. The van der Waals surface area contributed by atoms with Crippen LogP contribution in [0.3, 0.4) is 0 Å². The molecule has 1 fully saturated rings. The van der Waals surface area contributed by atoms with Crippen LogP contribution in [0.2, 0.25) is 0 Å². The molecule has 0 N–H and O–H groups in total. The molecule has 1 saturated heterocycles. The maximum atomic E-state index is 6.01. The second kappa shape index (κ2) is 6.28. The Morgan fingerprint density at radius 1 is 1.24 bits per heavy atom. The van der Waals surface area contributed by atoms with E-state index in [9.17, 15) is 0 Å². The van der Waals surface area contributed by atoms with Gasteiger partial charge < -0.3 is 18.9 Å². The summed E-state index contributed by atoms with van der Waals surface area (Å²) in [5, 5.41) is 0. The lowest BCUT2D eigenvalue weighted by atomic mass is 10.1. The van der Waals surface area contributed by atoms with Gasteiger partial charge in [0.25, 0.3) is 0 Å². The number of rotatable bonds is 4. The van der Waals surface area contributed by atoms with Gasteiger partial charge in [0.1, 0.15) is 18.3 Å². The number of hydrogen-bond acceptors (Lipinski definition) is 4. The molecule has 0 spiro atoms. The Kier molecular flexibility index (Phi) is 4.40. The van der Waals surface area contributed by atoms with Crippen molar-refractivity contribution in [1.29, 1.82) is 0 Å². The minimum absolute atomic E-state index is 0.0919. The molecule has 2 heterocycles. The fourth-order valence-corrected chi connectivity index (χ4v) is 2.67. The summed E-state index contributed by atoms with van der Waals surface area (Å²) in [7, 11) is 0. The molecule has 21 heavy (non-hydrogen) atoms. The summed E-state index contributed by atoms with van der Waals surface area (Å²) in [6.45, 7) is 5.54. The summed E-state index contributed by atoms with van der Waals surface area (Å²) >= 11 is 0. The van der Waals surface area contributed by atoms with Gasteiger partial charge in [-0.25, -0.2) is 0 Å². The topological polar surface area (TPSA) is 36.9 Å². The molecule has 0 saturated carbocycles. The number of benzene rings is 1. The van der Waals surface area contributed by atoms with Gasteiger partial charge in [-0.3, -0.25) is 0 Å². The molecule has 4 heteroatoms. The van der Waals surface area contributed by atoms with Crippen LogP contribution in [-0.2, 0) is 25.6 Å². The molecule has 0 aliphatic carbocycles. The van der Waals surface area contributed by atoms with Gasteiger partial charge in [-0.15, -0.1) is 0 Å². The molecule has 1 aromatic rings. The number of ether oxygens (including phenoxy) is 4. The fourth-order valence-electron chi connectivity index (χ4n) is 2.67. The Bertz CT molecular complexity index is 483. The average molecular weight is 290 g/mol.